The van der Waals surface area contributed by atoms with E-state index in [1.165, 1.54) is 36.4 Å². The number of aromatic nitrogens is 6. The molecule has 0 saturated heterocycles. The first-order valence-corrected chi connectivity index (χ1v) is 21.3. The Bertz CT molecular complexity index is 3250. The number of carbonyl (C=O) groups is 2. The van der Waals surface area contributed by atoms with E-state index in [2.05, 4.69) is 56.5 Å². The fraction of sp³-hybridized carbons (Fsp3) is 0.234. The molecule has 0 unspecified atom stereocenters. The molecule has 0 radical (unpaired) electrons. The molecule has 0 bridgehead atoms. The molecule has 6 N–H and O–H groups in total. The molecule has 1 amide bonds. The van der Waals surface area contributed by atoms with Crippen molar-refractivity contribution in [2.75, 3.05) is 26.6 Å². The third kappa shape index (κ3) is 10.5. The number of halogens is 6. The largest absolute Gasteiger partial charge is 0.478 e. The van der Waals surface area contributed by atoms with Gasteiger partial charge in [0.2, 0.25) is 11.9 Å². The van der Waals surface area contributed by atoms with Crippen molar-refractivity contribution in [3.63, 3.8) is 0 Å². The van der Waals surface area contributed by atoms with Gasteiger partial charge in [0.25, 0.3) is 0 Å². The molecule has 21 heteroatoms. The number of carboxylic acid groups (broad SMARTS) is 1. The molecule has 2 saturated carbocycles. The van der Waals surface area contributed by atoms with Gasteiger partial charge in [-0.1, -0.05) is 24.3 Å². The molecule has 4 aromatic heterocycles. The summed E-state index contributed by atoms with van der Waals surface area (Å²) in [6.07, 6.45) is -2.50. The van der Waals surface area contributed by atoms with Crippen molar-refractivity contribution >= 4 is 96.3 Å². The van der Waals surface area contributed by atoms with Gasteiger partial charge in [-0.25, -0.2) is 39.5 Å². The van der Waals surface area contributed by atoms with E-state index in [0.29, 0.717) is 67.9 Å². The Morgan fingerprint density at radius 2 is 1.10 bits per heavy atom. The highest BCUT2D eigenvalue weighted by Crippen LogP contribution is 2.37. The number of hydrogen-bond donors (Lipinski definition) is 6. The van der Waals surface area contributed by atoms with E-state index in [0.717, 1.165) is 55.3 Å². The van der Waals surface area contributed by atoms with E-state index in [4.69, 9.17) is 4.74 Å². The van der Waals surface area contributed by atoms with E-state index >= 15 is 0 Å². The zero-order valence-corrected chi connectivity index (χ0v) is 35.9. The molecule has 68 heavy (non-hydrogen) atoms. The summed E-state index contributed by atoms with van der Waals surface area (Å²) in [7, 11) is 0. The molecule has 0 atom stereocenters. The van der Waals surface area contributed by atoms with E-state index in [1.54, 1.807) is 50.5 Å². The van der Waals surface area contributed by atoms with Crippen LogP contribution in [0.2, 0.25) is 0 Å². The van der Waals surface area contributed by atoms with Crippen LogP contribution in [0.25, 0.3) is 43.6 Å². The number of rotatable bonds is 11. The van der Waals surface area contributed by atoms with Crippen LogP contribution in [0, 0.1) is 0 Å². The molecule has 2 fully saturated rings. The fourth-order valence-electron chi connectivity index (χ4n) is 7.10. The van der Waals surface area contributed by atoms with E-state index in [1.807, 2.05) is 0 Å². The Labute approximate surface area is 381 Å². The van der Waals surface area contributed by atoms with Gasteiger partial charge in [-0.2, -0.15) is 26.3 Å². The first kappa shape index (κ1) is 45.1. The maximum atomic E-state index is 13.3. The Kier molecular flexibility index (Phi) is 11.9. The summed E-state index contributed by atoms with van der Waals surface area (Å²) in [5.41, 5.74) is 1.03. The van der Waals surface area contributed by atoms with Crippen LogP contribution in [0.1, 0.15) is 61.0 Å². The van der Waals surface area contributed by atoms with E-state index in [9.17, 15) is 41.0 Å². The van der Waals surface area contributed by atoms with Gasteiger partial charge in [-0.15, -0.1) is 0 Å². The van der Waals surface area contributed by atoms with Crippen molar-refractivity contribution in [3.8, 4) is 0 Å². The topological polar surface area (TPSA) is 201 Å². The second-order valence-corrected chi connectivity index (χ2v) is 16.4. The lowest BCUT2D eigenvalue weighted by Crippen LogP contribution is -2.17. The molecule has 2 aliphatic rings. The highest BCUT2D eigenvalue weighted by Gasteiger charge is 2.32. The zero-order valence-electron chi connectivity index (χ0n) is 35.9. The molecular formula is C47H39F6N11O4. The minimum Gasteiger partial charge on any atom is -0.478 e. The van der Waals surface area contributed by atoms with Crippen LogP contribution in [-0.4, -0.2) is 65.3 Å². The van der Waals surface area contributed by atoms with Crippen molar-refractivity contribution in [3.05, 3.63) is 114 Å². The van der Waals surface area contributed by atoms with E-state index in [-0.39, 0.29) is 34.7 Å². The Morgan fingerprint density at radius 1 is 0.618 bits per heavy atom. The molecule has 0 spiro atoms. The molecule has 2 aliphatic carbocycles. The van der Waals surface area contributed by atoms with Crippen molar-refractivity contribution in [2.45, 2.75) is 70.1 Å². The second-order valence-electron chi connectivity index (χ2n) is 16.4. The number of aromatic carboxylic acids is 1. The fourth-order valence-corrected chi connectivity index (χ4v) is 7.10. The highest BCUT2D eigenvalue weighted by atomic mass is 19.4. The maximum Gasteiger partial charge on any atom is 0.416 e. The molecule has 4 heterocycles. The van der Waals surface area contributed by atoms with Gasteiger partial charge in [-0.05, 0) is 100 Å². The molecular weight excluding hydrogens is 897 g/mol. The number of nitrogens with one attached hydrogen (secondary N) is 5. The molecule has 10 rings (SSSR count). The van der Waals surface area contributed by atoms with Crippen LogP contribution in [-0.2, 0) is 17.1 Å². The average molecular weight is 936 g/mol. The third-order valence-electron chi connectivity index (χ3n) is 10.6. The maximum absolute atomic E-state index is 13.3. The van der Waals surface area contributed by atoms with Crippen molar-refractivity contribution < 1.29 is 45.8 Å². The smallest absolute Gasteiger partial charge is 0.416 e. The van der Waals surface area contributed by atoms with Crippen LogP contribution >= 0.6 is 0 Å². The van der Waals surface area contributed by atoms with Crippen molar-refractivity contribution in [1.29, 1.82) is 0 Å². The van der Waals surface area contributed by atoms with Crippen LogP contribution in [0.3, 0.4) is 0 Å². The summed E-state index contributed by atoms with van der Waals surface area (Å²) in [6, 6.07) is 19.9. The number of pyridine rings is 2. The molecule has 348 valence electrons. The number of hydrogen-bond acceptors (Lipinski definition) is 13. The van der Waals surface area contributed by atoms with Crippen molar-refractivity contribution in [2.24, 2.45) is 0 Å². The quantitative estimate of drug-likeness (QED) is 0.0528. The standard InChI is InChI=1S/C25H23F3N6O2.C22H16F3N5O2/c1-13(2)36-24(35)32-17-8-9-18-19-12-29-23(31-15-6-7-15)34-21(19)22(33-20(18)11-17)30-16-5-3-4-14(10-16)25(26,27)28;23-22(24,25)12-2-1-3-14(9-12)27-19-18-16(10-26-21(30-18)28-13-5-6-13)15-7-4-11(20(31)32)8-17(15)29-19/h3-5,8-13,15H,6-7H2,1-2H3,(H,30,33)(H,32,35)(H,29,31,34);1-4,7-10,13H,5-6H2,(H,27,29)(H,31,32)(H,26,28,30). The minimum absolute atomic E-state index is 0.0438. The van der Waals surface area contributed by atoms with Crippen molar-refractivity contribution in [1.82, 2.24) is 29.9 Å². The normalized spacial score (nSPS) is 13.8. The zero-order chi connectivity index (χ0) is 47.9. The summed E-state index contributed by atoms with van der Waals surface area (Å²) in [4.78, 5) is 50.5. The minimum atomic E-state index is -4.49. The van der Waals surface area contributed by atoms with Gasteiger partial charge in [0.1, 0.15) is 11.0 Å². The second kappa shape index (κ2) is 17.9. The monoisotopic (exact) mass is 935 g/mol. The summed E-state index contributed by atoms with van der Waals surface area (Å²) < 4.78 is 84.3. The number of benzene rings is 4. The summed E-state index contributed by atoms with van der Waals surface area (Å²) >= 11 is 0. The number of ether oxygens (including phenoxy) is 1. The number of anilines is 7. The number of carboxylic acids is 1. The van der Waals surface area contributed by atoms with E-state index < -0.39 is 35.5 Å². The third-order valence-corrected chi connectivity index (χ3v) is 10.6. The SMILES string of the molecule is CC(C)OC(=O)Nc1ccc2c(c1)nc(Nc1cccc(C(F)(F)F)c1)c1nc(NC3CC3)ncc12.O=C(O)c1ccc2c(c1)nc(Nc1cccc(C(F)(F)F)c1)c1nc(NC3CC3)ncc12. The summed E-state index contributed by atoms with van der Waals surface area (Å²) in [6.45, 7) is 3.48. The van der Waals surface area contributed by atoms with Gasteiger partial charge in [0.15, 0.2) is 11.6 Å². The predicted molar refractivity (Wildman–Crippen MR) is 245 cm³/mol. The number of carbonyl (C=O) groups excluding carboxylic acids is 1. The summed E-state index contributed by atoms with van der Waals surface area (Å²) in [5.74, 6) is 0.181. The molecule has 0 aliphatic heterocycles. The molecule has 8 aromatic rings. The van der Waals surface area contributed by atoms with Gasteiger partial charge < -0.3 is 31.1 Å². The first-order valence-electron chi connectivity index (χ1n) is 21.3. The number of alkyl halides is 6. The predicted octanol–water partition coefficient (Wildman–Crippen LogP) is 11.7. The van der Waals surface area contributed by atoms with Crippen LogP contribution < -0.4 is 26.6 Å². The lowest BCUT2D eigenvalue weighted by Gasteiger charge is -2.14. The van der Waals surface area contributed by atoms with Gasteiger partial charge >= 0.3 is 24.4 Å². The summed E-state index contributed by atoms with van der Waals surface area (Å²) in [5, 5.41) is 26.9. The van der Waals surface area contributed by atoms with Gasteiger partial charge in [0, 0.05) is 63.1 Å². The average Bonchev–Trinajstić information content (AvgIpc) is 4.24. The Morgan fingerprint density at radius 3 is 1.56 bits per heavy atom. The van der Waals surface area contributed by atoms with Crippen LogP contribution in [0.4, 0.5) is 71.7 Å². The van der Waals surface area contributed by atoms with Gasteiger partial charge in [-0.3, -0.25) is 5.32 Å². The number of nitrogens with zero attached hydrogens (tertiary/aromatic N) is 6. The van der Waals surface area contributed by atoms with Gasteiger partial charge in [0.05, 0.1) is 33.8 Å². The molecule has 15 nitrogen and oxygen atoms in total. The molecule has 4 aromatic carbocycles. The lowest BCUT2D eigenvalue weighted by molar-refractivity contribution is -0.138. The number of fused-ring (bicyclic) bond motifs is 6. The van der Waals surface area contributed by atoms with Crippen LogP contribution in [0.5, 0.6) is 0 Å². The highest BCUT2D eigenvalue weighted by molar-refractivity contribution is 6.11. The Hall–Kier alpha value is -8.10. The Balaban J connectivity index is 0.000000171. The van der Waals surface area contributed by atoms with Crippen LogP contribution in [0.15, 0.2) is 97.3 Å². The first-order chi connectivity index (χ1) is 32.4. The lowest BCUT2D eigenvalue weighted by atomic mass is 10.1. The number of amides is 1.